The van der Waals surface area contributed by atoms with Crippen molar-refractivity contribution >= 4 is 34.1 Å². The molecule has 14 aromatic rings. The van der Waals surface area contributed by atoms with Gasteiger partial charge < -0.3 is 9.80 Å². The number of benzene rings is 14. The topological polar surface area (TPSA) is 6.48 Å². The van der Waals surface area contributed by atoms with Crippen LogP contribution in [0.2, 0.25) is 0 Å². The van der Waals surface area contributed by atoms with Crippen molar-refractivity contribution < 1.29 is 0 Å². The molecule has 0 aliphatic rings. The molecule has 0 bridgehead atoms. The quantitative estimate of drug-likeness (QED) is 0.101. The predicted molar refractivity (Wildman–Crippen MR) is 374 cm³/mol. The molecule has 418 valence electrons. The highest BCUT2D eigenvalue weighted by Gasteiger charge is 2.20. The van der Waals surface area contributed by atoms with E-state index in [4.69, 9.17) is 0 Å². The van der Waals surface area contributed by atoms with Gasteiger partial charge in [-0.1, -0.05) is 279 Å². The Bertz CT molecular complexity index is 4060. The molecule has 0 spiro atoms. The molecule has 0 radical (unpaired) electrons. The van der Waals surface area contributed by atoms with Gasteiger partial charge in [-0.25, -0.2) is 0 Å². The molecule has 88 heavy (non-hydrogen) atoms. The Morgan fingerprint density at radius 3 is 0.466 bits per heavy atom. The van der Waals surface area contributed by atoms with Gasteiger partial charge in [0, 0.05) is 34.1 Å². The monoisotopic (exact) mass is 1120 g/mol. The fraction of sp³-hybridized carbons (Fsp3) is 0.0233. The van der Waals surface area contributed by atoms with E-state index >= 15 is 0 Å². The van der Waals surface area contributed by atoms with E-state index in [0.29, 0.717) is 0 Å². The van der Waals surface area contributed by atoms with E-state index in [2.05, 4.69) is 375 Å². The van der Waals surface area contributed by atoms with Crippen molar-refractivity contribution in [2.75, 3.05) is 9.80 Å². The van der Waals surface area contributed by atoms with Gasteiger partial charge in [-0.2, -0.15) is 0 Å². The summed E-state index contributed by atoms with van der Waals surface area (Å²) in [7, 11) is 0. The summed E-state index contributed by atoms with van der Waals surface area (Å²) >= 11 is 0. The summed E-state index contributed by atoms with van der Waals surface area (Å²) in [6, 6.07) is 128. The average molecular weight is 1130 g/mol. The molecule has 2 heteroatoms. The Morgan fingerprint density at radius 1 is 0.148 bits per heavy atom. The lowest BCUT2D eigenvalue weighted by Crippen LogP contribution is -2.12. The summed E-state index contributed by atoms with van der Waals surface area (Å²) in [5, 5.41) is 0. The van der Waals surface area contributed by atoms with Gasteiger partial charge in [-0.3, -0.25) is 0 Å². The standard InChI is InChI=1S/C86H64N2/c1-61-59-79(47-57-85(61)87(81-49-39-75(40-50-81)71-31-23-67(24-32-71)63-15-7-3-8-16-63)82-51-41-76(42-52-82)72-33-25-68(26-34-72)64-17-9-4-10-18-64)80-48-58-86(62(2)60-80)88(83-53-43-77(44-54-83)73-35-27-69(28-36-73)65-19-11-5-12-20-65)84-55-45-78(46-56-84)74-37-29-70(30-38-74)66-21-13-6-14-22-66/h3-60H,1-2H3. The Morgan fingerprint density at radius 2 is 0.295 bits per heavy atom. The van der Waals surface area contributed by atoms with Gasteiger partial charge in [-0.05, 0) is 198 Å². The zero-order valence-electron chi connectivity index (χ0n) is 49.4. The highest BCUT2D eigenvalue weighted by Crippen LogP contribution is 2.43. The minimum Gasteiger partial charge on any atom is -0.310 e. The van der Waals surface area contributed by atoms with Crippen molar-refractivity contribution in [2.24, 2.45) is 0 Å². The third-order valence-corrected chi connectivity index (χ3v) is 17.0. The number of anilines is 6. The molecule has 0 saturated carbocycles. The second-order valence-corrected chi connectivity index (χ2v) is 22.6. The molecule has 0 atom stereocenters. The highest BCUT2D eigenvalue weighted by atomic mass is 15.1. The van der Waals surface area contributed by atoms with Gasteiger partial charge in [-0.15, -0.1) is 0 Å². The van der Waals surface area contributed by atoms with Crippen LogP contribution < -0.4 is 9.80 Å². The summed E-state index contributed by atoms with van der Waals surface area (Å²) in [6.45, 7) is 4.48. The van der Waals surface area contributed by atoms with E-state index in [9.17, 15) is 0 Å². The Hall–Kier alpha value is -11.3. The van der Waals surface area contributed by atoms with E-state index in [1.54, 1.807) is 0 Å². The lowest BCUT2D eigenvalue weighted by Gasteiger charge is -2.28. The number of hydrogen-bond acceptors (Lipinski definition) is 2. The van der Waals surface area contributed by atoms with Crippen LogP contribution in [-0.2, 0) is 0 Å². The molecule has 14 aromatic carbocycles. The minimum atomic E-state index is 1.09. The van der Waals surface area contributed by atoms with Gasteiger partial charge in [0.1, 0.15) is 0 Å². The first kappa shape index (κ1) is 54.6. The number of rotatable bonds is 15. The van der Waals surface area contributed by atoms with E-state index in [1.807, 2.05) is 0 Å². The van der Waals surface area contributed by atoms with Gasteiger partial charge in [0.05, 0.1) is 0 Å². The van der Waals surface area contributed by atoms with Crippen LogP contribution in [0.5, 0.6) is 0 Å². The molecule has 0 aliphatic heterocycles. The molecule has 0 amide bonds. The van der Waals surface area contributed by atoms with Crippen molar-refractivity contribution in [3.05, 3.63) is 363 Å². The molecule has 0 aromatic heterocycles. The van der Waals surface area contributed by atoms with Crippen molar-refractivity contribution in [2.45, 2.75) is 13.8 Å². The minimum absolute atomic E-state index is 1.09. The molecule has 0 saturated heterocycles. The number of aryl methyl sites for hydroxylation is 2. The maximum atomic E-state index is 2.39. The second kappa shape index (κ2) is 24.7. The first-order chi connectivity index (χ1) is 43.4. The second-order valence-electron chi connectivity index (χ2n) is 22.6. The van der Waals surface area contributed by atoms with Crippen LogP contribution in [0.1, 0.15) is 11.1 Å². The van der Waals surface area contributed by atoms with E-state index in [-0.39, 0.29) is 0 Å². The predicted octanol–water partition coefficient (Wildman–Crippen LogP) is 24.2. The SMILES string of the molecule is Cc1cc(-c2ccc(N(c3ccc(-c4ccc(-c5ccccc5)cc4)cc3)c3ccc(-c4ccc(-c5ccccc5)cc4)cc3)c(C)c2)ccc1N(c1ccc(-c2ccc(-c3ccccc3)cc2)cc1)c1ccc(-c2ccc(-c3ccccc3)cc2)cc1. The molecular formula is C86H64N2. The lowest BCUT2D eigenvalue weighted by molar-refractivity contribution is 1.24. The molecule has 0 fully saturated rings. The van der Waals surface area contributed by atoms with Gasteiger partial charge in [0.2, 0.25) is 0 Å². The first-order valence-electron chi connectivity index (χ1n) is 30.3. The van der Waals surface area contributed by atoms with E-state index < -0.39 is 0 Å². The van der Waals surface area contributed by atoms with E-state index in [0.717, 1.165) is 45.3 Å². The maximum Gasteiger partial charge on any atom is 0.0491 e. The van der Waals surface area contributed by atoms with Gasteiger partial charge in [0.25, 0.3) is 0 Å². The van der Waals surface area contributed by atoms with Gasteiger partial charge in [0.15, 0.2) is 0 Å². The van der Waals surface area contributed by atoms with Crippen molar-refractivity contribution in [3.63, 3.8) is 0 Å². The van der Waals surface area contributed by atoms with Crippen LogP contribution in [0.15, 0.2) is 352 Å². The summed E-state index contributed by atoms with van der Waals surface area (Å²) in [6.07, 6.45) is 0. The van der Waals surface area contributed by atoms with Crippen LogP contribution >= 0.6 is 0 Å². The molecule has 0 unspecified atom stereocenters. The average Bonchev–Trinajstić information content (AvgIpc) is 1.78. The maximum absolute atomic E-state index is 2.39. The molecule has 0 aliphatic carbocycles. The van der Waals surface area contributed by atoms with Crippen molar-refractivity contribution in [1.29, 1.82) is 0 Å². The fourth-order valence-electron chi connectivity index (χ4n) is 12.2. The zero-order valence-corrected chi connectivity index (χ0v) is 49.4. The van der Waals surface area contributed by atoms with Crippen LogP contribution in [0.25, 0.3) is 100 Å². The largest absolute Gasteiger partial charge is 0.310 e. The van der Waals surface area contributed by atoms with Crippen molar-refractivity contribution in [3.8, 4) is 100 Å². The Kier molecular flexibility index (Phi) is 15.3. The van der Waals surface area contributed by atoms with Crippen LogP contribution in [-0.4, -0.2) is 0 Å². The van der Waals surface area contributed by atoms with E-state index in [1.165, 1.54) is 100 Å². The summed E-state index contributed by atoms with van der Waals surface area (Å²) < 4.78 is 0. The van der Waals surface area contributed by atoms with Crippen LogP contribution in [0, 0.1) is 13.8 Å². The third-order valence-electron chi connectivity index (χ3n) is 17.0. The summed E-state index contributed by atoms with van der Waals surface area (Å²) in [5.41, 5.74) is 30.4. The van der Waals surface area contributed by atoms with Crippen LogP contribution in [0.3, 0.4) is 0 Å². The Labute approximate surface area is 517 Å². The molecule has 2 nitrogen and oxygen atoms in total. The summed E-state index contributed by atoms with van der Waals surface area (Å²) in [4.78, 5) is 4.79. The van der Waals surface area contributed by atoms with Crippen LogP contribution in [0.4, 0.5) is 34.1 Å². The number of nitrogens with zero attached hydrogens (tertiary/aromatic N) is 2. The zero-order chi connectivity index (χ0) is 59.2. The molecular weight excluding hydrogens is 1060 g/mol. The highest BCUT2D eigenvalue weighted by molar-refractivity contribution is 5.87. The molecule has 14 rings (SSSR count). The Balaban J connectivity index is 0.778. The number of hydrogen-bond donors (Lipinski definition) is 0. The summed E-state index contributed by atoms with van der Waals surface area (Å²) in [5.74, 6) is 0. The van der Waals surface area contributed by atoms with Gasteiger partial charge >= 0.3 is 0 Å². The van der Waals surface area contributed by atoms with Crippen molar-refractivity contribution in [1.82, 2.24) is 0 Å². The molecule has 0 heterocycles. The molecule has 0 N–H and O–H groups in total. The first-order valence-corrected chi connectivity index (χ1v) is 30.3. The lowest BCUT2D eigenvalue weighted by atomic mass is 9.97. The third kappa shape index (κ3) is 11.6. The fourth-order valence-corrected chi connectivity index (χ4v) is 12.2. The smallest absolute Gasteiger partial charge is 0.0491 e. The normalized spacial score (nSPS) is 11.1.